The van der Waals surface area contributed by atoms with Gasteiger partial charge in [0.1, 0.15) is 0 Å². The third-order valence-electron chi connectivity index (χ3n) is 3.54. The zero-order chi connectivity index (χ0) is 17.9. The number of hydrogen-bond acceptors (Lipinski definition) is 9. The fourth-order valence-electron chi connectivity index (χ4n) is 2.48. The average Bonchev–Trinajstić information content (AvgIpc) is 3.13. The highest BCUT2D eigenvalue weighted by Crippen LogP contribution is 2.32. The van der Waals surface area contributed by atoms with Gasteiger partial charge in [-0.15, -0.1) is 10.2 Å². The molecule has 0 radical (unpaired) electrons. The van der Waals surface area contributed by atoms with Crippen molar-refractivity contribution >= 4 is 22.2 Å². The molecular formula is C13H16N8O3S. The van der Waals surface area contributed by atoms with Crippen LogP contribution in [0.25, 0.3) is 11.4 Å². The molecule has 0 aliphatic carbocycles. The standard InChI is InChI=1S/C13H16N8O3S/c14-25(23,24)10-3-1-2-9(11(10)12-18-20-21-19-12)8-6-16-13(17-7-8)15-4-5-22/h1-3,6,8,22H,4-5,7H2,(H,15,17)(H2,14,23,24)(H,18,19,20,21). The summed E-state index contributed by atoms with van der Waals surface area (Å²) in [5, 5.41) is 30.6. The van der Waals surface area contributed by atoms with E-state index in [9.17, 15) is 8.42 Å². The minimum atomic E-state index is -3.99. The van der Waals surface area contributed by atoms with Crippen molar-refractivity contribution in [1.82, 2.24) is 25.9 Å². The summed E-state index contributed by atoms with van der Waals surface area (Å²) in [7, 11) is -3.99. The Kier molecular flexibility index (Phi) is 4.83. The SMILES string of the molecule is NS(=O)(=O)c1cccc(C2C=NC(NCCO)=NC2)c1-c1nn[nH]n1. The molecule has 0 spiro atoms. The first kappa shape index (κ1) is 17.1. The molecule has 0 saturated carbocycles. The number of rotatable bonds is 5. The fourth-order valence-corrected chi connectivity index (χ4v) is 3.24. The van der Waals surface area contributed by atoms with Crippen LogP contribution in [-0.2, 0) is 10.0 Å². The number of H-pyrrole nitrogens is 1. The van der Waals surface area contributed by atoms with Crippen molar-refractivity contribution in [3.63, 3.8) is 0 Å². The van der Waals surface area contributed by atoms with E-state index in [-0.39, 0.29) is 28.8 Å². The number of nitrogens with one attached hydrogen (secondary N) is 2. The summed E-state index contributed by atoms with van der Waals surface area (Å²) in [5.41, 5.74) is 0.902. The maximum Gasteiger partial charge on any atom is 0.238 e. The molecule has 5 N–H and O–H groups in total. The number of aromatic amines is 1. The molecule has 3 rings (SSSR count). The number of aliphatic hydroxyl groups excluding tert-OH is 1. The van der Waals surface area contributed by atoms with Crippen LogP contribution in [0.3, 0.4) is 0 Å². The van der Waals surface area contributed by atoms with E-state index in [0.717, 1.165) is 0 Å². The van der Waals surface area contributed by atoms with Gasteiger partial charge in [-0.1, -0.05) is 12.1 Å². The Labute approximate surface area is 143 Å². The first-order valence-electron chi connectivity index (χ1n) is 7.33. The number of aliphatic imine (C=N–C) groups is 2. The lowest BCUT2D eigenvalue weighted by Crippen LogP contribution is -2.28. The minimum Gasteiger partial charge on any atom is -0.395 e. The van der Waals surface area contributed by atoms with Crippen molar-refractivity contribution in [2.24, 2.45) is 15.1 Å². The Morgan fingerprint density at radius 1 is 1.40 bits per heavy atom. The lowest BCUT2D eigenvalue weighted by molar-refractivity contribution is 0.300. The van der Waals surface area contributed by atoms with E-state index in [4.69, 9.17) is 10.2 Å². The van der Waals surface area contributed by atoms with Crippen molar-refractivity contribution < 1.29 is 13.5 Å². The van der Waals surface area contributed by atoms with Crippen molar-refractivity contribution in [2.75, 3.05) is 19.7 Å². The summed E-state index contributed by atoms with van der Waals surface area (Å²) < 4.78 is 23.9. The number of benzene rings is 1. The quantitative estimate of drug-likeness (QED) is 0.506. The smallest absolute Gasteiger partial charge is 0.238 e. The normalized spacial score (nSPS) is 17.4. The molecule has 0 fully saturated rings. The van der Waals surface area contributed by atoms with Gasteiger partial charge in [-0.2, -0.15) is 5.21 Å². The third kappa shape index (κ3) is 3.70. The van der Waals surface area contributed by atoms with Gasteiger partial charge in [0.2, 0.25) is 21.8 Å². The summed E-state index contributed by atoms with van der Waals surface area (Å²) in [4.78, 5) is 8.40. The molecule has 12 heteroatoms. The van der Waals surface area contributed by atoms with E-state index in [2.05, 4.69) is 35.9 Å². The van der Waals surface area contributed by atoms with Crippen LogP contribution >= 0.6 is 0 Å². The van der Waals surface area contributed by atoms with Gasteiger partial charge in [-0.3, -0.25) is 4.99 Å². The lowest BCUT2D eigenvalue weighted by Gasteiger charge is -2.19. The number of aromatic nitrogens is 4. The predicted octanol–water partition coefficient (Wildman–Crippen LogP) is -1.38. The van der Waals surface area contributed by atoms with Crippen molar-refractivity contribution in [1.29, 1.82) is 0 Å². The Hall–Kier alpha value is -2.70. The second kappa shape index (κ2) is 7.04. The molecule has 25 heavy (non-hydrogen) atoms. The van der Waals surface area contributed by atoms with Gasteiger partial charge < -0.3 is 10.4 Å². The number of tetrazole rings is 1. The third-order valence-corrected chi connectivity index (χ3v) is 4.50. The van der Waals surface area contributed by atoms with E-state index < -0.39 is 10.0 Å². The number of hydrogen-bond donors (Lipinski definition) is 4. The topological polar surface area (TPSA) is 172 Å². The molecule has 0 saturated heterocycles. The number of aliphatic hydroxyl groups is 1. The summed E-state index contributed by atoms with van der Waals surface area (Å²) in [6.45, 7) is 0.655. The van der Waals surface area contributed by atoms with Crippen LogP contribution in [0.5, 0.6) is 0 Å². The minimum absolute atomic E-state index is 0.0314. The zero-order valence-electron chi connectivity index (χ0n) is 13.0. The highest BCUT2D eigenvalue weighted by molar-refractivity contribution is 7.89. The van der Waals surface area contributed by atoms with Crippen LogP contribution in [-0.4, -0.2) is 66.0 Å². The first-order valence-corrected chi connectivity index (χ1v) is 8.88. The van der Waals surface area contributed by atoms with Gasteiger partial charge >= 0.3 is 0 Å². The van der Waals surface area contributed by atoms with Gasteiger partial charge in [0.05, 0.1) is 18.0 Å². The number of nitrogens with two attached hydrogens (primary N) is 1. The molecule has 1 unspecified atom stereocenters. The molecule has 1 aliphatic heterocycles. The molecule has 1 aromatic carbocycles. The van der Waals surface area contributed by atoms with Crippen LogP contribution in [0.4, 0.5) is 0 Å². The van der Waals surface area contributed by atoms with E-state index in [0.29, 0.717) is 24.6 Å². The molecule has 132 valence electrons. The predicted molar refractivity (Wildman–Crippen MR) is 89.6 cm³/mol. The van der Waals surface area contributed by atoms with Crippen LogP contribution < -0.4 is 10.5 Å². The summed E-state index contributed by atoms with van der Waals surface area (Å²) >= 11 is 0. The Balaban J connectivity index is 2.01. The van der Waals surface area contributed by atoms with E-state index in [1.54, 1.807) is 18.3 Å². The maximum atomic E-state index is 12.0. The monoisotopic (exact) mass is 364 g/mol. The van der Waals surface area contributed by atoms with Crippen LogP contribution in [0.2, 0.25) is 0 Å². The maximum absolute atomic E-state index is 12.0. The second-order valence-electron chi connectivity index (χ2n) is 5.20. The number of sulfonamides is 1. The molecular weight excluding hydrogens is 348 g/mol. The van der Waals surface area contributed by atoms with Crippen LogP contribution in [0.1, 0.15) is 11.5 Å². The first-order chi connectivity index (χ1) is 12.0. The van der Waals surface area contributed by atoms with Crippen LogP contribution in [0.15, 0.2) is 33.1 Å². The van der Waals surface area contributed by atoms with Gasteiger partial charge in [0.25, 0.3) is 0 Å². The number of guanidine groups is 1. The zero-order valence-corrected chi connectivity index (χ0v) is 13.8. The Bertz CT molecular complexity index is 907. The molecule has 2 heterocycles. The van der Waals surface area contributed by atoms with Crippen molar-refractivity contribution in [2.45, 2.75) is 10.8 Å². The molecule has 1 aromatic heterocycles. The second-order valence-corrected chi connectivity index (χ2v) is 6.73. The van der Waals surface area contributed by atoms with Crippen molar-refractivity contribution in [3.05, 3.63) is 23.8 Å². The van der Waals surface area contributed by atoms with Gasteiger partial charge in [-0.25, -0.2) is 18.5 Å². The Morgan fingerprint density at radius 3 is 2.84 bits per heavy atom. The molecule has 0 bridgehead atoms. The van der Waals surface area contributed by atoms with Crippen molar-refractivity contribution in [3.8, 4) is 11.4 Å². The fraction of sp³-hybridized carbons (Fsp3) is 0.308. The highest BCUT2D eigenvalue weighted by Gasteiger charge is 2.26. The largest absolute Gasteiger partial charge is 0.395 e. The Morgan fingerprint density at radius 2 is 2.24 bits per heavy atom. The van der Waals surface area contributed by atoms with Gasteiger partial charge in [-0.05, 0) is 16.8 Å². The molecule has 1 atom stereocenters. The molecule has 2 aromatic rings. The van der Waals surface area contributed by atoms with Gasteiger partial charge in [0, 0.05) is 24.2 Å². The summed E-state index contributed by atoms with van der Waals surface area (Å²) in [6.07, 6.45) is 1.65. The molecule has 11 nitrogen and oxygen atoms in total. The van der Waals surface area contributed by atoms with Crippen LogP contribution in [0, 0.1) is 0 Å². The molecule has 1 aliphatic rings. The van der Waals surface area contributed by atoms with E-state index >= 15 is 0 Å². The number of primary sulfonamides is 1. The highest BCUT2D eigenvalue weighted by atomic mass is 32.2. The van der Waals surface area contributed by atoms with Gasteiger partial charge in [0.15, 0.2) is 0 Å². The van der Waals surface area contributed by atoms with E-state index in [1.165, 1.54) is 6.07 Å². The summed E-state index contributed by atoms with van der Waals surface area (Å²) in [6, 6.07) is 4.73. The van der Waals surface area contributed by atoms with E-state index in [1.807, 2.05) is 0 Å². The average molecular weight is 364 g/mol. The lowest BCUT2D eigenvalue weighted by atomic mass is 9.94. The summed E-state index contributed by atoms with van der Waals surface area (Å²) in [5.74, 6) is 0.255. The molecule has 0 amide bonds. The number of nitrogens with zero attached hydrogens (tertiary/aromatic N) is 5.